The lowest BCUT2D eigenvalue weighted by molar-refractivity contribution is 0.0998. The van der Waals surface area contributed by atoms with E-state index >= 15 is 0 Å². The molecule has 1 aliphatic rings. The molecule has 3 amide bonds. The molecule has 29 heavy (non-hydrogen) atoms. The Kier molecular flexibility index (Phi) is 6.42. The van der Waals surface area contributed by atoms with E-state index in [1.54, 1.807) is 17.0 Å². The van der Waals surface area contributed by atoms with Gasteiger partial charge in [0, 0.05) is 18.7 Å². The fourth-order valence-corrected chi connectivity index (χ4v) is 3.56. The minimum atomic E-state index is -0.424. The van der Waals surface area contributed by atoms with Gasteiger partial charge >= 0.3 is 6.03 Å². The lowest BCUT2D eigenvalue weighted by Crippen LogP contribution is -2.45. The summed E-state index contributed by atoms with van der Waals surface area (Å²) in [4.78, 5) is 25.9. The van der Waals surface area contributed by atoms with Crippen molar-refractivity contribution in [2.75, 3.05) is 13.1 Å². The van der Waals surface area contributed by atoms with E-state index in [0.717, 1.165) is 16.9 Å². The third-order valence-electron chi connectivity index (χ3n) is 5.24. The standard InChI is InChI=1S/C23H29N3O3/c1-15(2)17-7-9-19(10-8-17)29-16(3)13-25-23(28)26-12-11-20-18(14-26)5-4-6-21(20)22(24)27/h4-10,15-16H,11-14H2,1-3H3,(H2,24,27)(H,25,28). The van der Waals surface area contributed by atoms with Crippen molar-refractivity contribution in [1.82, 2.24) is 10.2 Å². The first kappa shape index (κ1) is 20.7. The van der Waals surface area contributed by atoms with Crippen LogP contribution in [0.3, 0.4) is 0 Å². The molecule has 154 valence electrons. The van der Waals surface area contributed by atoms with Crippen molar-refractivity contribution in [3.05, 3.63) is 64.7 Å². The number of hydrogen-bond acceptors (Lipinski definition) is 3. The van der Waals surface area contributed by atoms with E-state index in [4.69, 9.17) is 10.5 Å². The number of carbonyl (C=O) groups excluding carboxylic acids is 2. The number of nitrogens with one attached hydrogen (secondary N) is 1. The van der Waals surface area contributed by atoms with Gasteiger partial charge in [0.1, 0.15) is 11.9 Å². The van der Waals surface area contributed by atoms with E-state index < -0.39 is 5.91 Å². The number of nitrogens with zero attached hydrogens (tertiary/aromatic N) is 1. The third kappa shape index (κ3) is 5.08. The van der Waals surface area contributed by atoms with Gasteiger partial charge in [-0.1, -0.05) is 38.1 Å². The molecule has 1 atom stereocenters. The zero-order valence-electron chi connectivity index (χ0n) is 17.3. The van der Waals surface area contributed by atoms with Crippen LogP contribution in [0.5, 0.6) is 5.75 Å². The van der Waals surface area contributed by atoms with E-state index in [-0.39, 0.29) is 12.1 Å². The molecule has 0 bridgehead atoms. The predicted molar refractivity (Wildman–Crippen MR) is 113 cm³/mol. The minimum absolute atomic E-state index is 0.134. The summed E-state index contributed by atoms with van der Waals surface area (Å²) in [7, 11) is 0. The van der Waals surface area contributed by atoms with Crippen LogP contribution in [-0.2, 0) is 13.0 Å². The van der Waals surface area contributed by atoms with Crippen molar-refractivity contribution in [2.45, 2.75) is 45.8 Å². The molecule has 0 fully saturated rings. The maximum atomic E-state index is 12.6. The highest BCUT2D eigenvalue weighted by atomic mass is 16.5. The second-order valence-electron chi connectivity index (χ2n) is 7.82. The largest absolute Gasteiger partial charge is 0.489 e. The number of carbonyl (C=O) groups is 2. The van der Waals surface area contributed by atoms with Crippen LogP contribution in [0.4, 0.5) is 4.79 Å². The molecule has 0 spiro atoms. The fraction of sp³-hybridized carbons (Fsp3) is 0.391. The van der Waals surface area contributed by atoms with Crippen LogP contribution in [-0.4, -0.2) is 36.0 Å². The number of hydrogen-bond donors (Lipinski definition) is 2. The molecule has 2 aromatic carbocycles. The number of fused-ring (bicyclic) bond motifs is 1. The Morgan fingerprint density at radius 2 is 1.86 bits per heavy atom. The first-order valence-corrected chi connectivity index (χ1v) is 10.0. The van der Waals surface area contributed by atoms with E-state index in [1.165, 1.54) is 5.56 Å². The molecule has 1 heterocycles. The predicted octanol–water partition coefficient (Wildman–Crippen LogP) is 3.44. The monoisotopic (exact) mass is 395 g/mol. The molecule has 0 aromatic heterocycles. The van der Waals surface area contributed by atoms with Gasteiger partial charge in [0.25, 0.3) is 0 Å². The Balaban J connectivity index is 1.52. The molecule has 0 aliphatic carbocycles. The van der Waals surface area contributed by atoms with E-state index in [9.17, 15) is 9.59 Å². The topological polar surface area (TPSA) is 84.7 Å². The summed E-state index contributed by atoms with van der Waals surface area (Å²) < 4.78 is 5.90. The average Bonchev–Trinajstić information content (AvgIpc) is 2.71. The Morgan fingerprint density at radius 1 is 1.14 bits per heavy atom. The van der Waals surface area contributed by atoms with Gasteiger partial charge in [-0.05, 0) is 54.2 Å². The molecule has 0 saturated heterocycles. The highest BCUT2D eigenvalue weighted by Gasteiger charge is 2.23. The zero-order valence-corrected chi connectivity index (χ0v) is 17.3. The highest BCUT2D eigenvalue weighted by Crippen LogP contribution is 2.23. The van der Waals surface area contributed by atoms with E-state index in [0.29, 0.717) is 37.5 Å². The van der Waals surface area contributed by atoms with Crippen molar-refractivity contribution in [2.24, 2.45) is 5.73 Å². The van der Waals surface area contributed by atoms with Crippen LogP contribution >= 0.6 is 0 Å². The normalized spacial score (nSPS) is 14.3. The summed E-state index contributed by atoms with van der Waals surface area (Å²) in [6.07, 6.45) is 0.471. The molecule has 1 unspecified atom stereocenters. The van der Waals surface area contributed by atoms with Crippen LogP contribution in [0.15, 0.2) is 42.5 Å². The fourth-order valence-electron chi connectivity index (χ4n) is 3.56. The van der Waals surface area contributed by atoms with Gasteiger partial charge in [0.2, 0.25) is 5.91 Å². The summed E-state index contributed by atoms with van der Waals surface area (Å²) >= 11 is 0. The van der Waals surface area contributed by atoms with Gasteiger partial charge in [-0.3, -0.25) is 4.79 Å². The molecular formula is C23H29N3O3. The molecule has 2 aromatic rings. The Labute approximate surface area is 172 Å². The van der Waals surface area contributed by atoms with Crippen LogP contribution in [0.25, 0.3) is 0 Å². The second kappa shape index (κ2) is 8.99. The molecule has 3 N–H and O–H groups in total. The number of ether oxygens (including phenoxy) is 1. The number of benzene rings is 2. The van der Waals surface area contributed by atoms with Crippen molar-refractivity contribution in [1.29, 1.82) is 0 Å². The summed E-state index contributed by atoms with van der Waals surface area (Å²) in [5.41, 5.74) is 9.19. The summed E-state index contributed by atoms with van der Waals surface area (Å²) in [6, 6.07) is 13.4. The Bertz CT molecular complexity index is 877. The number of rotatable bonds is 6. The third-order valence-corrected chi connectivity index (χ3v) is 5.24. The molecular weight excluding hydrogens is 366 g/mol. The van der Waals surface area contributed by atoms with Crippen LogP contribution in [0, 0.1) is 0 Å². The summed E-state index contributed by atoms with van der Waals surface area (Å²) in [5.74, 6) is 0.851. The maximum absolute atomic E-state index is 12.6. The van der Waals surface area contributed by atoms with Crippen molar-refractivity contribution in [3.8, 4) is 5.75 Å². The van der Waals surface area contributed by atoms with Crippen molar-refractivity contribution in [3.63, 3.8) is 0 Å². The smallest absolute Gasteiger partial charge is 0.317 e. The molecule has 6 nitrogen and oxygen atoms in total. The minimum Gasteiger partial charge on any atom is -0.489 e. The van der Waals surface area contributed by atoms with Crippen LogP contribution in [0.2, 0.25) is 0 Å². The lowest BCUT2D eigenvalue weighted by atomic mass is 9.94. The van der Waals surface area contributed by atoms with Crippen molar-refractivity contribution < 1.29 is 14.3 Å². The Hall–Kier alpha value is -3.02. The van der Waals surface area contributed by atoms with Gasteiger partial charge in [0.15, 0.2) is 0 Å². The number of urea groups is 1. The van der Waals surface area contributed by atoms with Gasteiger partial charge in [-0.15, -0.1) is 0 Å². The van der Waals surface area contributed by atoms with Gasteiger partial charge in [-0.25, -0.2) is 4.79 Å². The summed E-state index contributed by atoms with van der Waals surface area (Å²) in [6.45, 7) is 7.67. The highest BCUT2D eigenvalue weighted by molar-refractivity contribution is 5.94. The molecule has 1 aliphatic heterocycles. The Morgan fingerprint density at radius 3 is 2.52 bits per heavy atom. The first-order valence-electron chi connectivity index (χ1n) is 10.0. The van der Waals surface area contributed by atoms with Gasteiger partial charge in [-0.2, -0.15) is 0 Å². The lowest BCUT2D eigenvalue weighted by Gasteiger charge is -2.30. The van der Waals surface area contributed by atoms with Gasteiger partial charge in [0.05, 0.1) is 6.54 Å². The number of nitrogens with two attached hydrogens (primary N) is 1. The van der Waals surface area contributed by atoms with Crippen LogP contribution < -0.4 is 15.8 Å². The maximum Gasteiger partial charge on any atom is 0.317 e. The quantitative estimate of drug-likeness (QED) is 0.786. The summed E-state index contributed by atoms with van der Waals surface area (Å²) in [5, 5.41) is 2.94. The first-order chi connectivity index (χ1) is 13.8. The number of primary amides is 1. The number of amides is 3. The van der Waals surface area contributed by atoms with E-state index in [2.05, 4.69) is 31.3 Å². The molecule has 3 rings (SSSR count). The average molecular weight is 396 g/mol. The molecule has 0 radical (unpaired) electrons. The van der Waals surface area contributed by atoms with E-state index in [1.807, 2.05) is 25.1 Å². The second-order valence-corrected chi connectivity index (χ2v) is 7.82. The molecule has 0 saturated carbocycles. The van der Waals surface area contributed by atoms with Crippen LogP contribution in [0.1, 0.15) is 53.7 Å². The van der Waals surface area contributed by atoms with Crippen molar-refractivity contribution >= 4 is 11.9 Å². The molecule has 6 heteroatoms. The SMILES string of the molecule is CC(CNC(=O)N1CCc2c(cccc2C(N)=O)C1)Oc1ccc(C(C)C)cc1. The van der Waals surface area contributed by atoms with Gasteiger partial charge < -0.3 is 20.7 Å². The zero-order chi connectivity index (χ0) is 21.0.